The van der Waals surface area contributed by atoms with Gasteiger partial charge in [-0.1, -0.05) is 0 Å². The van der Waals surface area contributed by atoms with Crippen LogP contribution in [0.2, 0.25) is 0 Å². The molecule has 0 radical (unpaired) electrons. The van der Waals surface area contributed by atoms with Crippen LogP contribution in [0.15, 0.2) is 12.1 Å². The monoisotopic (exact) mass is 529 g/mol. The number of benzene rings is 1. The highest BCUT2D eigenvalue weighted by atomic mass is 127. The molecule has 0 amide bonds. The van der Waals surface area contributed by atoms with Gasteiger partial charge in [0, 0.05) is 3.57 Å². The maximum Gasteiger partial charge on any atom is 0.145 e. The molecule has 0 aliphatic heterocycles. The summed E-state index contributed by atoms with van der Waals surface area (Å²) in [6, 6.07) is 4.22. The van der Waals surface area contributed by atoms with E-state index in [0.717, 1.165) is 19.3 Å². The molecule has 0 spiro atoms. The number of hydrogen-bond acceptors (Lipinski definition) is 2. The zero-order valence-electron chi connectivity index (χ0n) is 7.40. The third kappa shape index (κ3) is 3.97. The van der Waals surface area contributed by atoms with E-state index in [9.17, 15) is 0 Å². The van der Waals surface area contributed by atoms with Crippen LogP contribution in [-0.4, -0.2) is 13.2 Å². The molecule has 0 saturated heterocycles. The average Bonchev–Trinajstić information content (AvgIpc) is 2.09. The summed E-state index contributed by atoms with van der Waals surface area (Å²) in [7, 11) is 0. The van der Waals surface area contributed by atoms with Gasteiger partial charge in [0.25, 0.3) is 0 Å². The minimum Gasteiger partial charge on any atom is -0.491 e. The lowest BCUT2D eigenvalue weighted by molar-refractivity contribution is 0.309. The van der Waals surface area contributed by atoms with Gasteiger partial charge in [-0.15, -0.1) is 0 Å². The molecule has 1 rings (SSSR count). The lowest BCUT2D eigenvalue weighted by atomic mass is 10.3. The van der Waals surface area contributed by atoms with E-state index in [-0.39, 0.29) is 0 Å². The Kier molecular flexibility index (Phi) is 6.32. The fourth-order valence-electron chi connectivity index (χ4n) is 0.924. The van der Waals surface area contributed by atoms with Gasteiger partial charge in [0.05, 0.1) is 13.7 Å². The van der Waals surface area contributed by atoms with Gasteiger partial charge in [-0.3, -0.25) is 0 Å². The number of hydrogen-bond donors (Lipinski definition) is 1. The van der Waals surface area contributed by atoms with Crippen molar-refractivity contribution in [3.63, 3.8) is 0 Å². The van der Waals surface area contributed by atoms with E-state index in [2.05, 4.69) is 79.9 Å². The Hall–Kier alpha value is 1.17. The van der Waals surface area contributed by atoms with Crippen LogP contribution in [0.1, 0.15) is 6.42 Å². The molecule has 0 unspecified atom stereocenters. The first-order valence-electron chi connectivity index (χ1n) is 4.12. The Balaban J connectivity index is 2.75. The zero-order chi connectivity index (χ0) is 10.6. The van der Waals surface area contributed by atoms with Gasteiger partial charge in [-0.2, -0.15) is 0 Å². The first-order chi connectivity index (χ1) is 6.65. The van der Waals surface area contributed by atoms with Crippen LogP contribution in [0.4, 0.5) is 0 Å². The van der Waals surface area contributed by atoms with Crippen molar-refractivity contribution in [1.29, 1.82) is 0 Å². The van der Waals surface area contributed by atoms with Crippen LogP contribution in [0, 0.1) is 10.7 Å². The molecule has 1 aromatic rings. The molecule has 5 heteroatoms. The summed E-state index contributed by atoms with van der Waals surface area (Å²) in [4.78, 5) is 0. The molecule has 0 heterocycles. The van der Waals surface area contributed by atoms with Crippen molar-refractivity contribution in [2.75, 3.05) is 13.2 Å². The topological polar surface area (TPSA) is 35.2 Å². The van der Waals surface area contributed by atoms with Crippen molar-refractivity contribution in [2.45, 2.75) is 6.42 Å². The fraction of sp³-hybridized carbons (Fsp3) is 0.333. The Bertz CT molecular complexity index is 294. The molecule has 2 N–H and O–H groups in total. The molecule has 0 atom stereocenters. The highest BCUT2D eigenvalue weighted by molar-refractivity contribution is 14.1. The second-order valence-corrected chi connectivity index (χ2v) is 6.26. The van der Waals surface area contributed by atoms with Crippen LogP contribution >= 0.6 is 67.8 Å². The lowest BCUT2D eigenvalue weighted by Gasteiger charge is -2.10. The molecule has 0 aliphatic carbocycles. The van der Waals surface area contributed by atoms with Gasteiger partial charge >= 0.3 is 0 Å². The summed E-state index contributed by atoms with van der Waals surface area (Å²) in [6.07, 6.45) is 0.901. The van der Waals surface area contributed by atoms with Crippen molar-refractivity contribution in [3.05, 3.63) is 22.8 Å². The van der Waals surface area contributed by atoms with E-state index in [0.29, 0.717) is 13.2 Å². The minimum absolute atomic E-state index is 0.678. The van der Waals surface area contributed by atoms with Gasteiger partial charge < -0.3 is 10.5 Å². The second kappa shape index (κ2) is 6.69. The van der Waals surface area contributed by atoms with E-state index in [1.807, 2.05) is 0 Å². The third-order valence-corrected chi connectivity index (χ3v) is 3.78. The van der Waals surface area contributed by atoms with Crippen LogP contribution < -0.4 is 10.5 Å². The molecule has 0 saturated carbocycles. The van der Waals surface area contributed by atoms with E-state index >= 15 is 0 Å². The predicted molar refractivity (Wildman–Crippen MR) is 83.8 cm³/mol. The molecule has 0 aromatic heterocycles. The standard InChI is InChI=1S/C9H10I3NO/c10-6-4-7(11)9(8(12)5-6)14-3-1-2-13/h4-5H,1-3,13H2. The molecular weight excluding hydrogens is 519 g/mol. The average molecular weight is 529 g/mol. The molecule has 0 bridgehead atoms. The summed E-state index contributed by atoms with van der Waals surface area (Å²) in [5.74, 6) is 0.986. The summed E-state index contributed by atoms with van der Waals surface area (Å²) in [5, 5.41) is 0. The minimum atomic E-state index is 0.678. The van der Waals surface area contributed by atoms with Gasteiger partial charge in [0.2, 0.25) is 0 Å². The van der Waals surface area contributed by atoms with Gasteiger partial charge in [-0.05, 0) is 92.9 Å². The summed E-state index contributed by atoms with van der Waals surface area (Å²) >= 11 is 6.90. The van der Waals surface area contributed by atoms with Crippen molar-refractivity contribution in [1.82, 2.24) is 0 Å². The second-order valence-electron chi connectivity index (χ2n) is 2.69. The third-order valence-electron chi connectivity index (χ3n) is 1.56. The van der Waals surface area contributed by atoms with E-state index in [4.69, 9.17) is 10.5 Å². The lowest BCUT2D eigenvalue weighted by Crippen LogP contribution is -2.07. The van der Waals surface area contributed by atoms with Crippen molar-refractivity contribution < 1.29 is 4.74 Å². The Labute approximate surface area is 125 Å². The molecule has 78 valence electrons. The van der Waals surface area contributed by atoms with Crippen molar-refractivity contribution in [3.8, 4) is 5.75 Å². The van der Waals surface area contributed by atoms with Gasteiger partial charge in [0.15, 0.2) is 0 Å². The van der Waals surface area contributed by atoms with E-state index in [1.165, 1.54) is 3.57 Å². The Morgan fingerprint density at radius 3 is 2.21 bits per heavy atom. The molecular formula is C9H10I3NO. The molecule has 2 nitrogen and oxygen atoms in total. The predicted octanol–water partition coefficient (Wildman–Crippen LogP) is 3.23. The maximum atomic E-state index is 5.66. The smallest absolute Gasteiger partial charge is 0.145 e. The van der Waals surface area contributed by atoms with Crippen molar-refractivity contribution in [2.24, 2.45) is 5.73 Å². The molecule has 1 aromatic carbocycles. The Morgan fingerprint density at radius 2 is 1.71 bits per heavy atom. The highest BCUT2D eigenvalue weighted by Crippen LogP contribution is 2.29. The van der Waals surface area contributed by atoms with Crippen molar-refractivity contribution >= 4 is 67.8 Å². The van der Waals surface area contributed by atoms with Gasteiger partial charge in [-0.25, -0.2) is 0 Å². The van der Waals surface area contributed by atoms with Crippen LogP contribution in [0.25, 0.3) is 0 Å². The largest absolute Gasteiger partial charge is 0.491 e. The van der Waals surface area contributed by atoms with E-state index in [1.54, 1.807) is 0 Å². The van der Waals surface area contributed by atoms with Crippen LogP contribution in [0.5, 0.6) is 5.75 Å². The van der Waals surface area contributed by atoms with Gasteiger partial charge in [0.1, 0.15) is 5.75 Å². The summed E-state index contributed by atoms with van der Waals surface area (Å²) in [6.45, 7) is 1.38. The normalized spacial score (nSPS) is 10.3. The fourth-order valence-corrected chi connectivity index (χ4v) is 4.82. The quantitative estimate of drug-likeness (QED) is 0.481. The first kappa shape index (κ1) is 13.2. The summed E-state index contributed by atoms with van der Waals surface area (Å²) < 4.78 is 9.23. The number of halogens is 3. The zero-order valence-corrected chi connectivity index (χ0v) is 13.9. The number of ether oxygens (including phenoxy) is 1. The molecule has 14 heavy (non-hydrogen) atoms. The van der Waals surface area contributed by atoms with Crippen LogP contribution in [-0.2, 0) is 0 Å². The number of nitrogens with two attached hydrogens (primary N) is 1. The summed E-state index contributed by atoms with van der Waals surface area (Å²) in [5.41, 5.74) is 5.41. The number of rotatable bonds is 4. The SMILES string of the molecule is NCCCOc1c(I)cc(I)cc1I. The molecule has 0 aliphatic rings. The molecule has 0 fully saturated rings. The van der Waals surface area contributed by atoms with Crippen LogP contribution in [0.3, 0.4) is 0 Å². The maximum absolute atomic E-state index is 5.66. The van der Waals surface area contributed by atoms with E-state index < -0.39 is 0 Å². The Morgan fingerprint density at radius 1 is 1.14 bits per heavy atom. The first-order valence-corrected chi connectivity index (χ1v) is 7.36. The highest BCUT2D eigenvalue weighted by Gasteiger charge is 2.07.